The Balaban J connectivity index is 2.12. The molecule has 152 valence electrons. The number of hydrogen-bond acceptors (Lipinski definition) is 5. The summed E-state index contributed by atoms with van der Waals surface area (Å²) in [4.78, 5) is 19.1. The van der Waals surface area contributed by atoms with E-state index >= 15 is 0 Å². The Hall–Kier alpha value is -2.23. The molecule has 9 heteroatoms. The van der Waals surface area contributed by atoms with Crippen LogP contribution in [-0.2, 0) is 21.3 Å². The van der Waals surface area contributed by atoms with Crippen molar-refractivity contribution in [2.45, 2.75) is 25.3 Å². The molecule has 0 fully saturated rings. The quantitative estimate of drug-likeness (QED) is 0.730. The summed E-state index contributed by atoms with van der Waals surface area (Å²) in [5.41, 5.74) is 1.33. The van der Waals surface area contributed by atoms with Crippen molar-refractivity contribution in [1.29, 1.82) is 0 Å². The number of fused-ring (bicyclic) bond motifs is 3. The Kier molecular flexibility index (Phi) is 5.87. The van der Waals surface area contributed by atoms with Gasteiger partial charge < -0.3 is 9.64 Å². The largest absolute Gasteiger partial charge is 0.383 e. The fourth-order valence-corrected chi connectivity index (χ4v) is 4.95. The summed E-state index contributed by atoms with van der Waals surface area (Å²) >= 11 is 0. The molecule has 1 amide bonds. The standard InChI is InChI=1S/C19H26N4O4S/c1-14(2)11-21(3)19(24)18-16-12-22(9-10-27-4)28(25,26)17-8-6-5-7-15(17)23(16)13-20-18/h5-8,13-14H,9-12H2,1-4H3. The molecule has 1 aliphatic heterocycles. The molecule has 0 spiro atoms. The maximum Gasteiger partial charge on any atom is 0.274 e. The number of nitrogens with zero attached hydrogens (tertiary/aromatic N) is 4. The average molecular weight is 407 g/mol. The van der Waals surface area contributed by atoms with Crippen LogP contribution in [0.3, 0.4) is 0 Å². The van der Waals surface area contributed by atoms with E-state index in [1.165, 1.54) is 17.7 Å². The number of amides is 1. The average Bonchev–Trinajstić information content (AvgIpc) is 3.03. The molecular formula is C19H26N4O4S. The molecule has 8 nitrogen and oxygen atoms in total. The lowest BCUT2D eigenvalue weighted by molar-refractivity contribution is 0.0771. The summed E-state index contributed by atoms with van der Waals surface area (Å²) in [7, 11) is -0.470. The Morgan fingerprint density at radius 1 is 1.32 bits per heavy atom. The van der Waals surface area contributed by atoms with Gasteiger partial charge in [0.15, 0.2) is 5.69 Å². The Morgan fingerprint density at radius 3 is 2.71 bits per heavy atom. The third kappa shape index (κ3) is 3.69. The van der Waals surface area contributed by atoms with Gasteiger partial charge >= 0.3 is 0 Å². The first-order valence-electron chi connectivity index (χ1n) is 9.17. The van der Waals surface area contributed by atoms with Crippen LogP contribution in [0.1, 0.15) is 30.0 Å². The highest BCUT2D eigenvalue weighted by Gasteiger charge is 2.35. The lowest BCUT2D eigenvalue weighted by atomic mass is 10.2. The molecule has 0 saturated heterocycles. The molecule has 0 bridgehead atoms. The van der Waals surface area contributed by atoms with Crippen LogP contribution in [0.5, 0.6) is 0 Å². The van der Waals surface area contributed by atoms with Gasteiger partial charge in [-0.05, 0) is 18.1 Å². The van der Waals surface area contributed by atoms with Crippen molar-refractivity contribution in [3.63, 3.8) is 0 Å². The Labute approximate surface area is 165 Å². The summed E-state index contributed by atoms with van der Waals surface area (Å²) < 4.78 is 34.5. The maximum absolute atomic E-state index is 13.2. The van der Waals surface area contributed by atoms with Crippen LogP contribution in [-0.4, -0.2) is 66.9 Å². The molecule has 28 heavy (non-hydrogen) atoms. The number of imidazole rings is 1. The van der Waals surface area contributed by atoms with Crippen molar-refractivity contribution in [2.75, 3.05) is 33.9 Å². The second-order valence-corrected chi connectivity index (χ2v) is 9.19. The summed E-state index contributed by atoms with van der Waals surface area (Å²) in [6, 6.07) is 6.76. The van der Waals surface area contributed by atoms with Crippen LogP contribution in [0.25, 0.3) is 5.69 Å². The van der Waals surface area contributed by atoms with Gasteiger partial charge in [-0.3, -0.25) is 9.36 Å². The molecule has 3 rings (SSSR count). The predicted molar refractivity (Wildman–Crippen MR) is 105 cm³/mol. The number of para-hydroxylation sites is 1. The summed E-state index contributed by atoms with van der Waals surface area (Å²) in [6.07, 6.45) is 1.53. The first-order valence-corrected chi connectivity index (χ1v) is 10.6. The topological polar surface area (TPSA) is 84.7 Å². The van der Waals surface area contributed by atoms with Crippen molar-refractivity contribution in [3.05, 3.63) is 42.0 Å². The molecule has 0 unspecified atom stereocenters. The minimum atomic E-state index is -3.73. The third-order valence-corrected chi connectivity index (χ3v) is 6.56. The molecule has 0 radical (unpaired) electrons. The zero-order chi connectivity index (χ0) is 20.5. The van der Waals surface area contributed by atoms with Gasteiger partial charge in [0.2, 0.25) is 10.0 Å². The summed E-state index contributed by atoms with van der Waals surface area (Å²) in [5, 5.41) is 0. The number of carbonyl (C=O) groups is 1. The SMILES string of the molecule is COCCN1Cc2c(C(=O)N(C)CC(C)C)ncn2-c2ccccc2S1(=O)=O. The Bertz CT molecular complexity index is 968. The second-order valence-electron chi connectivity index (χ2n) is 7.29. The number of sulfonamides is 1. The minimum absolute atomic E-state index is 0.0525. The number of ether oxygens (including phenoxy) is 1. The van der Waals surface area contributed by atoms with E-state index < -0.39 is 10.0 Å². The summed E-state index contributed by atoms with van der Waals surface area (Å²) in [6.45, 7) is 5.16. The smallest absolute Gasteiger partial charge is 0.274 e. The highest BCUT2D eigenvalue weighted by molar-refractivity contribution is 7.89. The van der Waals surface area contributed by atoms with E-state index in [4.69, 9.17) is 4.74 Å². The molecule has 2 aromatic rings. The van der Waals surface area contributed by atoms with Crippen molar-refractivity contribution >= 4 is 15.9 Å². The van der Waals surface area contributed by atoms with Crippen LogP contribution in [0.2, 0.25) is 0 Å². The second kappa shape index (κ2) is 8.02. The number of benzene rings is 1. The van der Waals surface area contributed by atoms with Gasteiger partial charge in [0, 0.05) is 27.2 Å². The van der Waals surface area contributed by atoms with Crippen LogP contribution >= 0.6 is 0 Å². The lowest BCUT2D eigenvalue weighted by Crippen LogP contribution is -2.35. The normalized spacial score (nSPS) is 15.8. The zero-order valence-corrected chi connectivity index (χ0v) is 17.4. The monoisotopic (exact) mass is 406 g/mol. The van der Waals surface area contributed by atoms with Gasteiger partial charge in [0.25, 0.3) is 5.91 Å². The van der Waals surface area contributed by atoms with Crippen molar-refractivity contribution in [2.24, 2.45) is 5.92 Å². The number of rotatable bonds is 6. The van der Waals surface area contributed by atoms with Crippen LogP contribution < -0.4 is 0 Å². The highest BCUT2D eigenvalue weighted by Crippen LogP contribution is 2.31. The van der Waals surface area contributed by atoms with Gasteiger partial charge in [-0.15, -0.1) is 0 Å². The van der Waals surface area contributed by atoms with E-state index in [-0.39, 0.29) is 36.2 Å². The number of hydrogen-bond donors (Lipinski definition) is 0. The fourth-order valence-electron chi connectivity index (χ4n) is 3.38. The molecule has 0 aliphatic carbocycles. The van der Waals surface area contributed by atoms with Crippen LogP contribution in [0.4, 0.5) is 0 Å². The molecule has 1 aromatic carbocycles. The zero-order valence-electron chi connectivity index (χ0n) is 16.6. The van der Waals surface area contributed by atoms with Gasteiger partial charge in [0.05, 0.1) is 24.5 Å². The van der Waals surface area contributed by atoms with E-state index in [0.717, 1.165) is 0 Å². The van der Waals surface area contributed by atoms with Crippen molar-refractivity contribution in [3.8, 4) is 5.69 Å². The highest BCUT2D eigenvalue weighted by atomic mass is 32.2. The first-order chi connectivity index (χ1) is 13.3. The maximum atomic E-state index is 13.2. The minimum Gasteiger partial charge on any atom is -0.383 e. The molecule has 0 saturated carbocycles. The lowest BCUT2D eigenvalue weighted by Gasteiger charge is -2.21. The number of carbonyl (C=O) groups excluding carboxylic acids is 1. The number of aromatic nitrogens is 2. The van der Waals surface area contributed by atoms with E-state index in [2.05, 4.69) is 4.98 Å². The van der Waals surface area contributed by atoms with E-state index in [1.54, 1.807) is 40.8 Å². The van der Waals surface area contributed by atoms with Gasteiger partial charge in [0.1, 0.15) is 11.2 Å². The molecule has 1 aromatic heterocycles. The molecular weight excluding hydrogens is 380 g/mol. The van der Waals surface area contributed by atoms with Gasteiger partial charge in [-0.2, -0.15) is 4.31 Å². The molecule has 1 aliphatic rings. The first kappa shape index (κ1) is 20.5. The van der Waals surface area contributed by atoms with Gasteiger partial charge in [-0.25, -0.2) is 13.4 Å². The van der Waals surface area contributed by atoms with Crippen molar-refractivity contribution in [1.82, 2.24) is 18.8 Å². The molecule has 0 atom stereocenters. The van der Waals surface area contributed by atoms with Crippen LogP contribution in [0.15, 0.2) is 35.5 Å². The fraction of sp³-hybridized carbons (Fsp3) is 0.474. The van der Waals surface area contributed by atoms with Crippen molar-refractivity contribution < 1.29 is 17.9 Å². The molecule has 2 heterocycles. The van der Waals surface area contributed by atoms with E-state index in [9.17, 15) is 13.2 Å². The summed E-state index contributed by atoms with van der Waals surface area (Å²) in [5.74, 6) is 0.0976. The third-order valence-electron chi connectivity index (χ3n) is 4.67. The van der Waals surface area contributed by atoms with Gasteiger partial charge in [-0.1, -0.05) is 26.0 Å². The van der Waals surface area contributed by atoms with Crippen LogP contribution in [0, 0.1) is 5.92 Å². The number of methoxy groups -OCH3 is 1. The molecule has 0 N–H and O–H groups in total. The van der Waals surface area contributed by atoms with E-state index in [1.807, 2.05) is 13.8 Å². The predicted octanol–water partition coefficient (Wildman–Crippen LogP) is 1.75. The Morgan fingerprint density at radius 2 is 2.04 bits per heavy atom. The van der Waals surface area contributed by atoms with E-state index in [0.29, 0.717) is 23.8 Å².